The molecule has 0 aliphatic rings. The minimum absolute atomic E-state index is 0.0224. The van der Waals surface area contributed by atoms with Crippen molar-refractivity contribution < 1.29 is 4.74 Å². The third kappa shape index (κ3) is 7.76. The van der Waals surface area contributed by atoms with E-state index in [9.17, 15) is 0 Å². The SMILES string of the molecule is CC(C)=CC(N)COC(C)(C)C. The predicted molar refractivity (Wildman–Crippen MR) is 53.1 cm³/mol. The Morgan fingerprint density at radius 2 is 1.92 bits per heavy atom. The second kappa shape index (κ2) is 4.63. The van der Waals surface area contributed by atoms with Gasteiger partial charge in [0.15, 0.2) is 0 Å². The molecule has 0 aromatic heterocycles. The second-order valence-corrected chi connectivity index (χ2v) is 4.33. The van der Waals surface area contributed by atoms with Crippen LogP contribution in [0.15, 0.2) is 11.6 Å². The van der Waals surface area contributed by atoms with Crippen LogP contribution < -0.4 is 5.73 Å². The number of hydrogen-bond donors (Lipinski definition) is 1. The molecule has 0 aromatic rings. The highest BCUT2D eigenvalue weighted by molar-refractivity contribution is 4.99. The van der Waals surface area contributed by atoms with Gasteiger partial charge >= 0.3 is 0 Å². The average Bonchev–Trinajstić information content (AvgIpc) is 1.80. The number of rotatable bonds is 3. The fraction of sp³-hybridized carbons (Fsp3) is 0.800. The van der Waals surface area contributed by atoms with Crippen LogP contribution >= 0.6 is 0 Å². The van der Waals surface area contributed by atoms with Crippen LogP contribution in [0.1, 0.15) is 34.6 Å². The first-order valence-corrected chi connectivity index (χ1v) is 4.36. The lowest BCUT2D eigenvalue weighted by Crippen LogP contribution is -2.30. The lowest BCUT2D eigenvalue weighted by molar-refractivity contribution is -0.00522. The summed E-state index contributed by atoms with van der Waals surface area (Å²) in [4.78, 5) is 0. The number of hydrogen-bond acceptors (Lipinski definition) is 2. The first-order chi connectivity index (χ1) is 5.31. The van der Waals surface area contributed by atoms with E-state index in [2.05, 4.69) is 0 Å². The Kier molecular flexibility index (Phi) is 4.50. The normalized spacial score (nSPS) is 14.2. The van der Waals surface area contributed by atoms with Gasteiger partial charge in [-0.05, 0) is 34.6 Å². The lowest BCUT2D eigenvalue weighted by atomic mass is 10.2. The first-order valence-electron chi connectivity index (χ1n) is 4.36. The Bertz CT molecular complexity index is 152. The average molecular weight is 171 g/mol. The van der Waals surface area contributed by atoms with E-state index in [0.717, 1.165) is 0 Å². The molecule has 0 bridgehead atoms. The van der Waals surface area contributed by atoms with Crippen molar-refractivity contribution in [2.24, 2.45) is 5.73 Å². The molecule has 2 N–H and O–H groups in total. The molecule has 0 spiro atoms. The molecule has 0 fully saturated rings. The van der Waals surface area contributed by atoms with Crippen LogP contribution in [-0.2, 0) is 4.74 Å². The molecule has 1 atom stereocenters. The Balaban J connectivity index is 3.73. The summed E-state index contributed by atoms with van der Waals surface area (Å²) >= 11 is 0. The van der Waals surface area contributed by atoms with Crippen LogP contribution in [-0.4, -0.2) is 18.2 Å². The maximum atomic E-state index is 5.78. The van der Waals surface area contributed by atoms with Crippen molar-refractivity contribution in [3.63, 3.8) is 0 Å². The van der Waals surface area contributed by atoms with Gasteiger partial charge in [-0.15, -0.1) is 0 Å². The van der Waals surface area contributed by atoms with Crippen LogP contribution in [0.5, 0.6) is 0 Å². The fourth-order valence-corrected chi connectivity index (χ4v) is 0.822. The van der Waals surface area contributed by atoms with Crippen LogP contribution in [0.3, 0.4) is 0 Å². The van der Waals surface area contributed by atoms with E-state index in [1.807, 2.05) is 40.7 Å². The summed E-state index contributed by atoms with van der Waals surface area (Å²) in [6, 6.07) is 0.0224. The van der Waals surface area contributed by atoms with Gasteiger partial charge in [0.1, 0.15) is 0 Å². The highest BCUT2D eigenvalue weighted by Gasteiger charge is 2.11. The van der Waals surface area contributed by atoms with E-state index in [1.165, 1.54) is 5.57 Å². The summed E-state index contributed by atoms with van der Waals surface area (Å²) in [6.07, 6.45) is 2.02. The molecule has 12 heavy (non-hydrogen) atoms. The quantitative estimate of drug-likeness (QED) is 0.660. The Labute approximate surface area is 75.8 Å². The third-order valence-corrected chi connectivity index (χ3v) is 1.26. The van der Waals surface area contributed by atoms with Crippen LogP contribution in [0, 0.1) is 0 Å². The van der Waals surface area contributed by atoms with E-state index < -0.39 is 0 Å². The first kappa shape index (κ1) is 11.7. The molecule has 2 heteroatoms. The monoisotopic (exact) mass is 171 g/mol. The zero-order valence-corrected chi connectivity index (χ0v) is 8.85. The number of allylic oxidation sites excluding steroid dienone is 1. The van der Waals surface area contributed by atoms with Crippen molar-refractivity contribution >= 4 is 0 Å². The topological polar surface area (TPSA) is 35.2 Å². The van der Waals surface area contributed by atoms with Crippen molar-refractivity contribution in [1.82, 2.24) is 0 Å². The summed E-state index contributed by atoms with van der Waals surface area (Å²) in [5.74, 6) is 0. The number of ether oxygens (including phenoxy) is 1. The summed E-state index contributed by atoms with van der Waals surface area (Å²) in [6.45, 7) is 10.8. The fourth-order valence-electron chi connectivity index (χ4n) is 0.822. The van der Waals surface area contributed by atoms with Gasteiger partial charge in [0, 0.05) is 6.04 Å². The highest BCUT2D eigenvalue weighted by atomic mass is 16.5. The van der Waals surface area contributed by atoms with Gasteiger partial charge in [0.05, 0.1) is 12.2 Å². The van der Waals surface area contributed by atoms with Crippen molar-refractivity contribution in [1.29, 1.82) is 0 Å². The van der Waals surface area contributed by atoms with Crippen molar-refractivity contribution in [3.05, 3.63) is 11.6 Å². The Morgan fingerprint density at radius 3 is 2.25 bits per heavy atom. The molecule has 1 unspecified atom stereocenters. The summed E-state index contributed by atoms with van der Waals surface area (Å²) in [7, 11) is 0. The molecule has 0 aromatic carbocycles. The van der Waals surface area contributed by atoms with Crippen molar-refractivity contribution in [2.75, 3.05) is 6.61 Å². The Morgan fingerprint density at radius 1 is 1.42 bits per heavy atom. The summed E-state index contributed by atoms with van der Waals surface area (Å²) in [5.41, 5.74) is 6.93. The van der Waals surface area contributed by atoms with Gasteiger partial charge in [0.2, 0.25) is 0 Å². The molecular weight excluding hydrogens is 150 g/mol. The lowest BCUT2D eigenvalue weighted by Gasteiger charge is -2.21. The molecule has 0 aliphatic heterocycles. The highest BCUT2D eigenvalue weighted by Crippen LogP contribution is 2.07. The molecule has 0 amide bonds. The van der Waals surface area contributed by atoms with E-state index in [1.54, 1.807) is 0 Å². The maximum absolute atomic E-state index is 5.78. The smallest absolute Gasteiger partial charge is 0.0660 e. The molecule has 0 radical (unpaired) electrons. The molecule has 0 heterocycles. The second-order valence-electron chi connectivity index (χ2n) is 4.33. The van der Waals surface area contributed by atoms with E-state index in [0.29, 0.717) is 6.61 Å². The van der Waals surface area contributed by atoms with E-state index in [-0.39, 0.29) is 11.6 Å². The van der Waals surface area contributed by atoms with Crippen LogP contribution in [0.25, 0.3) is 0 Å². The van der Waals surface area contributed by atoms with Gasteiger partial charge in [-0.1, -0.05) is 11.6 Å². The molecular formula is C10H21NO. The molecule has 0 aliphatic carbocycles. The molecule has 0 rings (SSSR count). The third-order valence-electron chi connectivity index (χ3n) is 1.26. The van der Waals surface area contributed by atoms with Crippen molar-refractivity contribution in [2.45, 2.75) is 46.3 Å². The minimum Gasteiger partial charge on any atom is -0.374 e. The summed E-state index contributed by atoms with van der Waals surface area (Å²) in [5, 5.41) is 0. The largest absolute Gasteiger partial charge is 0.374 e. The predicted octanol–water partition coefficient (Wildman–Crippen LogP) is 2.09. The minimum atomic E-state index is -0.0902. The van der Waals surface area contributed by atoms with Gasteiger partial charge in [-0.25, -0.2) is 0 Å². The zero-order valence-electron chi connectivity index (χ0n) is 8.85. The summed E-state index contributed by atoms with van der Waals surface area (Å²) < 4.78 is 5.52. The molecule has 0 saturated heterocycles. The Hall–Kier alpha value is -0.340. The van der Waals surface area contributed by atoms with Gasteiger partial charge in [-0.3, -0.25) is 0 Å². The van der Waals surface area contributed by atoms with Gasteiger partial charge < -0.3 is 10.5 Å². The standard InChI is InChI=1S/C10H21NO/c1-8(2)6-9(11)7-12-10(3,4)5/h6,9H,7,11H2,1-5H3. The van der Waals surface area contributed by atoms with Gasteiger partial charge in [0.25, 0.3) is 0 Å². The maximum Gasteiger partial charge on any atom is 0.0660 e. The molecule has 72 valence electrons. The van der Waals surface area contributed by atoms with Crippen LogP contribution in [0.4, 0.5) is 0 Å². The van der Waals surface area contributed by atoms with Crippen molar-refractivity contribution in [3.8, 4) is 0 Å². The van der Waals surface area contributed by atoms with E-state index >= 15 is 0 Å². The molecule has 2 nitrogen and oxygen atoms in total. The van der Waals surface area contributed by atoms with Gasteiger partial charge in [-0.2, -0.15) is 0 Å². The number of nitrogens with two attached hydrogens (primary N) is 1. The van der Waals surface area contributed by atoms with E-state index in [4.69, 9.17) is 10.5 Å². The van der Waals surface area contributed by atoms with Crippen LogP contribution in [0.2, 0.25) is 0 Å². The molecule has 0 saturated carbocycles. The zero-order chi connectivity index (χ0) is 9.78.